The third-order valence-electron chi connectivity index (χ3n) is 2.42. The highest BCUT2D eigenvalue weighted by atomic mass is 16.5. The summed E-state index contributed by atoms with van der Waals surface area (Å²) in [5, 5.41) is 8.87. The lowest BCUT2D eigenvalue weighted by Crippen LogP contribution is -2.40. The summed E-state index contributed by atoms with van der Waals surface area (Å²) in [4.78, 5) is 13.5. The molecule has 0 spiro atoms. The summed E-state index contributed by atoms with van der Waals surface area (Å²) in [7, 11) is 3.17. The Labute approximate surface area is 97.3 Å². The molecule has 0 rings (SSSR count). The molecule has 0 saturated carbocycles. The van der Waals surface area contributed by atoms with E-state index in [4.69, 9.17) is 14.6 Å². The summed E-state index contributed by atoms with van der Waals surface area (Å²) >= 11 is 0. The Balaban J connectivity index is 4.26. The predicted octanol–water partition coefficient (Wildman–Crippen LogP) is 0.269. The molecule has 0 unspecified atom stereocenters. The minimum Gasteiger partial charge on any atom is -0.395 e. The smallest absolute Gasteiger partial charge is 0.225 e. The lowest BCUT2D eigenvalue weighted by atomic mass is 10.0. The van der Waals surface area contributed by atoms with Crippen molar-refractivity contribution in [2.45, 2.75) is 25.9 Å². The van der Waals surface area contributed by atoms with Crippen LogP contribution < -0.4 is 0 Å². The van der Waals surface area contributed by atoms with Crippen LogP contribution in [-0.2, 0) is 14.3 Å². The highest BCUT2D eigenvalue weighted by molar-refractivity contribution is 5.77. The van der Waals surface area contributed by atoms with E-state index in [1.54, 1.807) is 19.1 Å². The Kier molecular flexibility index (Phi) is 7.29. The van der Waals surface area contributed by atoms with Crippen LogP contribution >= 0.6 is 0 Å². The number of carbonyl (C=O) groups is 1. The normalized spacial score (nSPS) is 11.6. The third kappa shape index (κ3) is 6.05. The Bertz CT molecular complexity index is 206. The zero-order valence-electron chi connectivity index (χ0n) is 10.7. The van der Waals surface area contributed by atoms with Crippen molar-refractivity contribution in [2.24, 2.45) is 0 Å². The average molecular weight is 233 g/mol. The monoisotopic (exact) mass is 233 g/mol. The molecular weight excluding hydrogens is 210 g/mol. The fourth-order valence-electron chi connectivity index (χ4n) is 1.23. The molecule has 1 N–H and O–H groups in total. The molecular formula is C11H23NO4. The zero-order valence-corrected chi connectivity index (χ0v) is 10.7. The molecule has 0 aliphatic carbocycles. The molecule has 5 nitrogen and oxygen atoms in total. The summed E-state index contributed by atoms with van der Waals surface area (Å²) in [5.74, 6) is -0.0297. The third-order valence-corrected chi connectivity index (χ3v) is 2.42. The van der Waals surface area contributed by atoms with Crippen molar-refractivity contribution in [3.05, 3.63) is 0 Å². The Hall–Kier alpha value is -0.650. The minimum atomic E-state index is -0.474. The molecule has 0 aliphatic heterocycles. The van der Waals surface area contributed by atoms with E-state index in [0.717, 1.165) is 0 Å². The summed E-state index contributed by atoms with van der Waals surface area (Å²) in [5.41, 5.74) is -0.474. The number of hydrogen-bond donors (Lipinski definition) is 1. The van der Waals surface area contributed by atoms with Gasteiger partial charge in [0.2, 0.25) is 5.91 Å². The zero-order chi connectivity index (χ0) is 12.6. The number of aliphatic hydroxyl groups excluding tert-OH is 1. The standard InChI is InChI=1S/C11H23NO4/c1-11(2,16-4)9-10(14)12(5-7-13)6-8-15-3/h13H,5-9H2,1-4H3. The number of aliphatic hydroxyl groups is 1. The van der Waals surface area contributed by atoms with Crippen molar-refractivity contribution in [1.82, 2.24) is 4.90 Å². The molecule has 1 amide bonds. The van der Waals surface area contributed by atoms with Gasteiger partial charge < -0.3 is 19.5 Å². The van der Waals surface area contributed by atoms with Crippen molar-refractivity contribution in [3.8, 4) is 0 Å². The van der Waals surface area contributed by atoms with E-state index in [2.05, 4.69) is 0 Å². The fraction of sp³-hybridized carbons (Fsp3) is 0.909. The average Bonchev–Trinajstić information content (AvgIpc) is 2.23. The van der Waals surface area contributed by atoms with Crippen LogP contribution in [0.2, 0.25) is 0 Å². The van der Waals surface area contributed by atoms with E-state index in [-0.39, 0.29) is 12.5 Å². The van der Waals surface area contributed by atoms with Gasteiger partial charge in [-0.15, -0.1) is 0 Å². The van der Waals surface area contributed by atoms with Crippen LogP contribution in [0.5, 0.6) is 0 Å². The molecule has 0 saturated heterocycles. The van der Waals surface area contributed by atoms with Gasteiger partial charge in [-0.2, -0.15) is 0 Å². The maximum atomic E-state index is 11.9. The maximum Gasteiger partial charge on any atom is 0.225 e. The van der Waals surface area contributed by atoms with Crippen LogP contribution in [0.1, 0.15) is 20.3 Å². The van der Waals surface area contributed by atoms with Gasteiger partial charge in [0.15, 0.2) is 0 Å². The van der Waals surface area contributed by atoms with Crippen LogP contribution in [-0.4, -0.2) is 62.0 Å². The second-order valence-corrected chi connectivity index (χ2v) is 4.24. The van der Waals surface area contributed by atoms with Gasteiger partial charge in [-0.05, 0) is 13.8 Å². The molecule has 0 fully saturated rings. The molecule has 0 radical (unpaired) electrons. The largest absolute Gasteiger partial charge is 0.395 e. The van der Waals surface area contributed by atoms with E-state index in [9.17, 15) is 4.79 Å². The van der Waals surface area contributed by atoms with Crippen LogP contribution in [0.25, 0.3) is 0 Å². The summed E-state index contributed by atoms with van der Waals surface area (Å²) in [6.45, 7) is 4.98. The number of amides is 1. The molecule has 0 aromatic carbocycles. The minimum absolute atomic E-state index is 0.0297. The summed E-state index contributed by atoms with van der Waals surface area (Å²) in [6, 6.07) is 0. The van der Waals surface area contributed by atoms with Crippen LogP contribution in [0, 0.1) is 0 Å². The Morgan fingerprint density at radius 1 is 1.31 bits per heavy atom. The first-order valence-corrected chi connectivity index (χ1v) is 5.39. The second-order valence-electron chi connectivity index (χ2n) is 4.24. The van der Waals surface area contributed by atoms with Crippen molar-refractivity contribution in [1.29, 1.82) is 0 Å². The van der Waals surface area contributed by atoms with Crippen molar-refractivity contribution in [3.63, 3.8) is 0 Å². The first-order valence-electron chi connectivity index (χ1n) is 5.39. The van der Waals surface area contributed by atoms with E-state index < -0.39 is 5.60 Å². The van der Waals surface area contributed by atoms with Crippen molar-refractivity contribution >= 4 is 5.91 Å². The summed E-state index contributed by atoms with van der Waals surface area (Å²) in [6.07, 6.45) is 0.299. The van der Waals surface area contributed by atoms with Gasteiger partial charge in [-0.25, -0.2) is 0 Å². The first-order chi connectivity index (χ1) is 7.46. The lowest BCUT2D eigenvalue weighted by molar-refractivity contribution is -0.137. The number of methoxy groups -OCH3 is 2. The van der Waals surface area contributed by atoms with Gasteiger partial charge >= 0.3 is 0 Å². The molecule has 0 atom stereocenters. The molecule has 0 aromatic heterocycles. The molecule has 0 heterocycles. The maximum absolute atomic E-state index is 11.9. The molecule has 0 bridgehead atoms. The van der Waals surface area contributed by atoms with Gasteiger partial charge in [0.1, 0.15) is 0 Å². The Morgan fingerprint density at radius 2 is 1.94 bits per heavy atom. The second kappa shape index (κ2) is 7.60. The Morgan fingerprint density at radius 3 is 2.38 bits per heavy atom. The molecule has 0 aromatic rings. The highest BCUT2D eigenvalue weighted by Crippen LogP contribution is 2.14. The van der Waals surface area contributed by atoms with E-state index in [0.29, 0.717) is 26.1 Å². The number of nitrogens with zero attached hydrogens (tertiary/aromatic N) is 1. The van der Waals surface area contributed by atoms with Gasteiger partial charge in [-0.3, -0.25) is 4.79 Å². The summed E-state index contributed by atoms with van der Waals surface area (Å²) < 4.78 is 10.1. The van der Waals surface area contributed by atoms with Gasteiger partial charge in [0.05, 0.1) is 25.2 Å². The molecule has 96 valence electrons. The predicted molar refractivity (Wildman–Crippen MR) is 61.2 cm³/mol. The number of rotatable bonds is 8. The highest BCUT2D eigenvalue weighted by Gasteiger charge is 2.24. The quantitative estimate of drug-likeness (QED) is 0.653. The fourth-order valence-corrected chi connectivity index (χ4v) is 1.23. The van der Waals surface area contributed by atoms with E-state index in [1.807, 2.05) is 13.8 Å². The van der Waals surface area contributed by atoms with Gasteiger partial charge in [-0.1, -0.05) is 0 Å². The molecule has 16 heavy (non-hydrogen) atoms. The SMILES string of the molecule is COCCN(CCO)C(=O)CC(C)(C)OC. The molecule has 5 heteroatoms. The lowest BCUT2D eigenvalue weighted by Gasteiger charge is -2.27. The number of ether oxygens (including phenoxy) is 2. The first kappa shape index (κ1) is 15.3. The topological polar surface area (TPSA) is 59.0 Å². The van der Waals surface area contributed by atoms with Crippen molar-refractivity contribution < 1.29 is 19.4 Å². The van der Waals surface area contributed by atoms with Crippen molar-refractivity contribution in [2.75, 3.05) is 40.5 Å². The van der Waals surface area contributed by atoms with E-state index >= 15 is 0 Å². The van der Waals surface area contributed by atoms with E-state index in [1.165, 1.54) is 0 Å². The van der Waals surface area contributed by atoms with Crippen LogP contribution in [0.4, 0.5) is 0 Å². The van der Waals surface area contributed by atoms with Crippen LogP contribution in [0.15, 0.2) is 0 Å². The van der Waals surface area contributed by atoms with Gasteiger partial charge in [0, 0.05) is 27.3 Å². The van der Waals surface area contributed by atoms with Crippen LogP contribution in [0.3, 0.4) is 0 Å². The molecule has 0 aliphatic rings. The number of carbonyl (C=O) groups excluding carboxylic acids is 1. The number of hydrogen-bond acceptors (Lipinski definition) is 4. The van der Waals surface area contributed by atoms with Gasteiger partial charge in [0.25, 0.3) is 0 Å².